The Morgan fingerprint density at radius 1 is 0.703 bits per heavy atom. The van der Waals surface area contributed by atoms with Gasteiger partial charge in [-0.3, -0.25) is 0 Å². The predicted molar refractivity (Wildman–Crippen MR) is 146 cm³/mol. The third kappa shape index (κ3) is 7.37. The first kappa shape index (κ1) is 26.3. The Morgan fingerprint density at radius 2 is 1.27 bits per heavy atom. The SMILES string of the molecule is CCCCCCC(O)Cc1ccccc1-c1nc(Oc2ccccc2C)nc(Oc2ccccc2C)n1. The third-order valence-corrected chi connectivity index (χ3v) is 6.29. The number of aliphatic hydroxyl groups excluding tert-OH is 1. The maximum atomic E-state index is 10.7. The standard InChI is InChI=1S/C31H35N3O3/c1-4-5-6-7-17-25(35)21-24-16-10-11-18-26(24)29-32-30(36-27-19-12-8-14-22(27)2)34-31(33-29)37-28-20-13-9-15-23(28)3/h8-16,18-20,25,35H,4-7,17,21H2,1-3H3. The van der Waals surface area contributed by atoms with Crippen LogP contribution in [0.15, 0.2) is 72.8 Å². The van der Waals surface area contributed by atoms with Gasteiger partial charge in [-0.15, -0.1) is 4.98 Å². The summed E-state index contributed by atoms with van der Waals surface area (Å²) in [5.41, 5.74) is 3.73. The van der Waals surface area contributed by atoms with Crippen LogP contribution in [-0.2, 0) is 6.42 Å². The summed E-state index contributed by atoms with van der Waals surface area (Å²) >= 11 is 0. The zero-order chi connectivity index (χ0) is 26.0. The molecule has 3 aromatic carbocycles. The summed E-state index contributed by atoms with van der Waals surface area (Å²) in [6.45, 7) is 6.13. The molecular formula is C31H35N3O3. The second-order valence-corrected chi connectivity index (χ2v) is 9.32. The van der Waals surface area contributed by atoms with Crippen LogP contribution >= 0.6 is 0 Å². The molecular weight excluding hydrogens is 462 g/mol. The van der Waals surface area contributed by atoms with Crippen molar-refractivity contribution in [1.82, 2.24) is 15.0 Å². The van der Waals surface area contributed by atoms with Crippen molar-refractivity contribution in [2.45, 2.75) is 65.4 Å². The van der Waals surface area contributed by atoms with Crippen LogP contribution in [0, 0.1) is 13.8 Å². The molecule has 0 saturated carbocycles. The van der Waals surface area contributed by atoms with E-state index >= 15 is 0 Å². The molecule has 0 radical (unpaired) electrons. The fourth-order valence-electron chi connectivity index (χ4n) is 4.17. The Labute approximate surface area is 219 Å². The van der Waals surface area contributed by atoms with E-state index in [-0.39, 0.29) is 12.0 Å². The van der Waals surface area contributed by atoms with Crippen LogP contribution in [0.3, 0.4) is 0 Å². The van der Waals surface area contributed by atoms with E-state index < -0.39 is 6.10 Å². The number of para-hydroxylation sites is 2. The molecule has 37 heavy (non-hydrogen) atoms. The normalized spacial score (nSPS) is 11.8. The second-order valence-electron chi connectivity index (χ2n) is 9.32. The zero-order valence-corrected chi connectivity index (χ0v) is 21.9. The molecule has 1 N–H and O–H groups in total. The number of unbranched alkanes of at least 4 members (excludes halogenated alkanes) is 3. The highest BCUT2D eigenvalue weighted by Gasteiger charge is 2.17. The molecule has 0 amide bonds. The largest absolute Gasteiger partial charge is 0.424 e. The molecule has 1 aromatic heterocycles. The lowest BCUT2D eigenvalue weighted by Gasteiger charge is -2.15. The number of hydrogen-bond acceptors (Lipinski definition) is 6. The lowest BCUT2D eigenvalue weighted by Crippen LogP contribution is -2.11. The molecule has 0 saturated heterocycles. The topological polar surface area (TPSA) is 77.4 Å². The number of nitrogens with zero attached hydrogens (tertiary/aromatic N) is 3. The predicted octanol–water partition coefficient (Wildman–Crippen LogP) is 7.61. The maximum absolute atomic E-state index is 10.7. The lowest BCUT2D eigenvalue weighted by molar-refractivity contribution is 0.161. The molecule has 0 bridgehead atoms. The second kappa shape index (κ2) is 13.0. The van der Waals surface area contributed by atoms with Gasteiger partial charge in [0.15, 0.2) is 5.82 Å². The first-order valence-corrected chi connectivity index (χ1v) is 13.0. The van der Waals surface area contributed by atoms with E-state index in [1.165, 1.54) is 12.8 Å². The van der Waals surface area contributed by atoms with Crippen LogP contribution < -0.4 is 9.47 Å². The van der Waals surface area contributed by atoms with Gasteiger partial charge in [0, 0.05) is 5.56 Å². The van der Waals surface area contributed by atoms with Gasteiger partial charge in [-0.2, -0.15) is 9.97 Å². The summed E-state index contributed by atoms with van der Waals surface area (Å²) in [5, 5.41) is 10.7. The molecule has 6 nitrogen and oxygen atoms in total. The summed E-state index contributed by atoms with van der Waals surface area (Å²) < 4.78 is 12.2. The molecule has 6 heteroatoms. The number of hydrogen-bond donors (Lipinski definition) is 1. The molecule has 0 aliphatic carbocycles. The summed E-state index contributed by atoms with van der Waals surface area (Å²) in [5.74, 6) is 1.77. The molecule has 0 aliphatic rings. The number of aromatic nitrogens is 3. The average Bonchev–Trinajstić information content (AvgIpc) is 2.90. The molecule has 1 heterocycles. The van der Waals surface area contributed by atoms with Gasteiger partial charge >= 0.3 is 12.0 Å². The van der Waals surface area contributed by atoms with E-state index in [0.29, 0.717) is 23.7 Å². The van der Waals surface area contributed by atoms with E-state index in [1.807, 2.05) is 86.6 Å². The Hall–Kier alpha value is -3.77. The van der Waals surface area contributed by atoms with Gasteiger partial charge in [0.1, 0.15) is 11.5 Å². The summed E-state index contributed by atoms with van der Waals surface area (Å²) in [6, 6.07) is 23.6. The van der Waals surface area contributed by atoms with Crippen molar-refractivity contribution in [3.8, 4) is 34.9 Å². The molecule has 4 aromatic rings. The number of aliphatic hydroxyl groups is 1. The molecule has 0 spiro atoms. The zero-order valence-electron chi connectivity index (χ0n) is 21.9. The van der Waals surface area contributed by atoms with Crippen molar-refractivity contribution >= 4 is 0 Å². The molecule has 1 unspecified atom stereocenters. The first-order valence-electron chi connectivity index (χ1n) is 13.0. The van der Waals surface area contributed by atoms with E-state index in [9.17, 15) is 5.11 Å². The number of benzene rings is 3. The van der Waals surface area contributed by atoms with Gasteiger partial charge in [0.25, 0.3) is 0 Å². The molecule has 4 rings (SSSR count). The number of aryl methyl sites for hydroxylation is 2. The van der Waals surface area contributed by atoms with Crippen LogP contribution in [-0.4, -0.2) is 26.2 Å². The highest BCUT2D eigenvalue weighted by atomic mass is 16.5. The van der Waals surface area contributed by atoms with E-state index in [0.717, 1.165) is 41.5 Å². The minimum atomic E-state index is -0.426. The van der Waals surface area contributed by atoms with Crippen molar-refractivity contribution in [2.75, 3.05) is 0 Å². The van der Waals surface area contributed by atoms with Crippen LogP contribution in [0.2, 0.25) is 0 Å². The number of ether oxygens (including phenoxy) is 2. The van der Waals surface area contributed by atoms with Gasteiger partial charge in [0.05, 0.1) is 6.10 Å². The van der Waals surface area contributed by atoms with E-state index in [4.69, 9.17) is 9.47 Å². The van der Waals surface area contributed by atoms with Crippen LogP contribution in [0.1, 0.15) is 55.7 Å². The Balaban J connectivity index is 1.67. The van der Waals surface area contributed by atoms with Gasteiger partial charge in [0.2, 0.25) is 0 Å². The summed E-state index contributed by atoms with van der Waals surface area (Å²) in [6.07, 6.45) is 5.41. The summed E-state index contributed by atoms with van der Waals surface area (Å²) in [4.78, 5) is 13.8. The minimum absolute atomic E-state index is 0.151. The Morgan fingerprint density at radius 3 is 1.86 bits per heavy atom. The van der Waals surface area contributed by atoms with Crippen LogP contribution in [0.25, 0.3) is 11.4 Å². The smallest absolute Gasteiger partial charge is 0.328 e. The Bertz CT molecular complexity index is 1240. The fraction of sp³-hybridized carbons (Fsp3) is 0.323. The van der Waals surface area contributed by atoms with Crippen LogP contribution in [0.5, 0.6) is 23.5 Å². The van der Waals surface area contributed by atoms with Crippen LogP contribution in [0.4, 0.5) is 0 Å². The van der Waals surface area contributed by atoms with Gasteiger partial charge in [-0.1, -0.05) is 93.3 Å². The minimum Gasteiger partial charge on any atom is -0.424 e. The highest BCUT2D eigenvalue weighted by molar-refractivity contribution is 5.61. The van der Waals surface area contributed by atoms with E-state index in [1.54, 1.807) is 0 Å². The highest BCUT2D eigenvalue weighted by Crippen LogP contribution is 2.30. The van der Waals surface area contributed by atoms with Crippen molar-refractivity contribution in [2.24, 2.45) is 0 Å². The molecule has 0 aliphatic heterocycles. The monoisotopic (exact) mass is 497 g/mol. The molecule has 192 valence electrons. The van der Waals surface area contributed by atoms with Crippen molar-refractivity contribution in [1.29, 1.82) is 0 Å². The van der Waals surface area contributed by atoms with Crippen molar-refractivity contribution in [3.63, 3.8) is 0 Å². The fourth-order valence-corrected chi connectivity index (χ4v) is 4.17. The van der Waals surface area contributed by atoms with E-state index in [2.05, 4.69) is 21.9 Å². The maximum Gasteiger partial charge on any atom is 0.328 e. The molecule has 1 atom stereocenters. The van der Waals surface area contributed by atoms with Gasteiger partial charge < -0.3 is 14.6 Å². The van der Waals surface area contributed by atoms with Crippen molar-refractivity contribution in [3.05, 3.63) is 89.5 Å². The third-order valence-electron chi connectivity index (χ3n) is 6.29. The first-order chi connectivity index (χ1) is 18.0. The van der Waals surface area contributed by atoms with Crippen molar-refractivity contribution < 1.29 is 14.6 Å². The quantitative estimate of drug-likeness (QED) is 0.203. The average molecular weight is 498 g/mol. The molecule has 0 fully saturated rings. The van der Waals surface area contributed by atoms with Gasteiger partial charge in [-0.05, 0) is 55.5 Å². The lowest BCUT2D eigenvalue weighted by atomic mass is 9.98. The summed E-state index contributed by atoms with van der Waals surface area (Å²) in [7, 11) is 0. The van der Waals surface area contributed by atoms with Gasteiger partial charge in [-0.25, -0.2) is 0 Å². The number of rotatable bonds is 12. The Kier molecular flexibility index (Phi) is 9.22.